The second-order valence-corrected chi connectivity index (χ2v) is 4.98. The number of alkyl halides is 1. The minimum absolute atomic E-state index is 0.281. The Balaban J connectivity index is 2.14. The third-order valence-corrected chi connectivity index (χ3v) is 3.69. The Hall–Kier alpha value is -1.38. The van der Waals surface area contributed by atoms with Crippen LogP contribution in [-0.4, -0.2) is 29.4 Å². The summed E-state index contributed by atoms with van der Waals surface area (Å²) in [6.07, 6.45) is 1.86. The maximum atomic E-state index is 5.87. The second-order valence-electron chi connectivity index (χ2n) is 4.60. The summed E-state index contributed by atoms with van der Waals surface area (Å²) in [5.74, 6) is 0.644. The zero-order valence-electron chi connectivity index (χ0n) is 10.3. The summed E-state index contributed by atoms with van der Waals surface area (Å²) in [4.78, 5) is 6.82. The fraction of sp³-hybridized carbons (Fsp3) is 0.267. The average molecular weight is 259 g/mol. The van der Waals surface area contributed by atoms with Crippen molar-refractivity contribution in [1.29, 1.82) is 0 Å². The van der Waals surface area contributed by atoms with Crippen LogP contribution in [0.4, 0.5) is 0 Å². The van der Waals surface area contributed by atoms with Gasteiger partial charge in [-0.15, -0.1) is 11.6 Å². The van der Waals surface area contributed by atoms with Gasteiger partial charge in [-0.1, -0.05) is 30.3 Å². The van der Waals surface area contributed by atoms with Gasteiger partial charge in [-0.25, -0.2) is 0 Å². The Labute approximate surface area is 112 Å². The van der Waals surface area contributed by atoms with E-state index in [1.165, 1.54) is 16.7 Å². The molecule has 0 N–H and O–H groups in total. The highest BCUT2D eigenvalue weighted by atomic mass is 35.5. The topological polar surface area (TPSA) is 16.1 Å². The van der Waals surface area contributed by atoms with Gasteiger partial charge in [0.15, 0.2) is 0 Å². The lowest BCUT2D eigenvalue weighted by molar-refractivity contribution is 0.300. The lowest BCUT2D eigenvalue weighted by atomic mass is 10.0. The minimum Gasteiger partial charge on any atom is -0.294 e. The first-order valence-electron chi connectivity index (χ1n) is 6.13. The van der Waals surface area contributed by atoms with E-state index in [9.17, 15) is 0 Å². The molecular weight excluding hydrogens is 244 g/mol. The number of benzene rings is 1. The van der Waals surface area contributed by atoms with Gasteiger partial charge < -0.3 is 0 Å². The van der Waals surface area contributed by atoms with Gasteiger partial charge in [-0.3, -0.25) is 9.88 Å². The molecule has 2 aromatic rings. The molecule has 3 rings (SSSR count). The summed E-state index contributed by atoms with van der Waals surface area (Å²) >= 11 is 5.87. The first-order chi connectivity index (χ1) is 8.83. The minimum atomic E-state index is 0.281. The van der Waals surface area contributed by atoms with Crippen LogP contribution in [0.3, 0.4) is 0 Å². The zero-order chi connectivity index (χ0) is 12.5. The summed E-state index contributed by atoms with van der Waals surface area (Å²) in [6, 6.07) is 12.9. The summed E-state index contributed by atoms with van der Waals surface area (Å²) < 4.78 is 0. The zero-order valence-corrected chi connectivity index (χ0v) is 11.1. The van der Waals surface area contributed by atoms with Crippen LogP contribution in [0.1, 0.15) is 17.2 Å². The largest absolute Gasteiger partial charge is 0.294 e. The van der Waals surface area contributed by atoms with Gasteiger partial charge in [0.2, 0.25) is 0 Å². The molecule has 0 spiro atoms. The van der Waals surface area contributed by atoms with E-state index < -0.39 is 0 Å². The lowest BCUT2D eigenvalue weighted by Gasteiger charge is -2.25. The van der Waals surface area contributed by atoms with Crippen LogP contribution in [0.5, 0.6) is 0 Å². The van der Waals surface area contributed by atoms with E-state index in [0.29, 0.717) is 5.88 Å². The number of fused-ring (bicyclic) bond motifs is 3. The molecular formula is C15H15ClN2. The van der Waals surface area contributed by atoms with E-state index in [0.717, 1.165) is 12.2 Å². The number of hydrogen-bond donors (Lipinski definition) is 0. The van der Waals surface area contributed by atoms with Gasteiger partial charge in [0.1, 0.15) is 0 Å². The highest BCUT2D eigenvalue weighted by Gasteiger charge is 2.31. The molecule has 0 aliphatic heterocycles. The van der Waals surface area contributed by atoms with E-state index in [1.807, 2.05) is 12.3 Å². The normalized spacial score (nSPS) is 16.7. The molecule has 1 aliphatic carbocycles. The van der Waals surface area contributed by atoms with Crippen LogP contribution < -0.4 is 0 Å². The molecule has 92 valence electrons. The van der Waals surface area contributed by atoms with Crippen LogP contribution in [-0.2, 0) is 0 Å². The van der Waals surface area contributed by atoms with Crippen molar-refractivity contribution in [2.45, 2.75) is 6.04 Å². The standard InChI is InChI=1S/C15H15ClN2/c1-18(10-8-16)15-12-6-3-2-5-11(12)14-13(15)7-4-9-17-14/h2-7,9,15H,8,10H2,1H3. The van der Waals surface area contributed by atoms with Crippen molar-refractivity contribution in [2.24, 2.45) is 0 Å². The van der Waals surface area contributed by atoms with E-state index in [-0.39, 0.29) is 6.04 Å². The predicted molar refractivity (Wildman–Crippen MR) is 74.9 cm³/mol. The molecule has 1 atom stereocenters. The van der Waals surface area contributed by atoms with Gasteiger partial charge in [-0.05, 0) is 18.7 Å². The molecule has 2 nitrogen and oxygen atoms in total. The van der Waals surface area contributed by atoms with Crippen LogP contribution in [0.2, 0.25) is 0 Å². The maximum absolute atomic E-state index is 5.87. The first kappa shape index (κ1) is 11.7. The summed E-state index contributed by atoms with van der Waals surface area (Å²) in [5.41, 5.74) is 4.98. The van der Waals surface area contributed by atoms with Crippen molar-refractivity contribution in [3.8, 4) is 11.3 Å². The average Bonchev–Trinajstić information content (AvgIpc) is 2.73. The molecule has 0 saturated heterocycles. The van der Waals surface area contributed by atoms with Gasteiger partial charge in [0, 0.05) is 29.7 Å². The Morgan fingerprint density at radius 1 is 1.17 bits per heavy atom. The third kappa shape index (κ3) is 1.73. The molecule has 0 bridgehead atoms. The predicted octanol–water partition coefficient (Wildman–Crippen LogP) is 3.32. The fourth-order valence-electron chi connectivity index (χ4n) is 2.72. The van der Waals surface area contributed by atoms with Gasteiger partial charge in [-0.2, -0.15) is 0 Å². The molecule has 0 saturated carbocycles. The van der Waals surface area contributed by atoms with Crippen molar-refractivity contribution in [3.05, 3.63) is 53.7 Å². The summed E-state index contributed by atoms with van der Waals surface area (Å²) in [5, 5.41) is 0. The van der Waals surface area contributed by atoms with Crippen molar-refractivity contribution in [1.82, 2.24) is 9.88 Å². The monoisotopic (exact) mass is 258 g/mol. The van der Waals surface area contributed by atoms with E-state index >= 15 is 0 Å². The number of halogens is 1. The number of hydrogen-bond acceptors (Lipinski definition) is 2. The Kier molecular flexibility index (Phi) is 3.06. The van der Waals surface area contributed by atoms with Crippen LogP contribution >= 0.6 is 11.6 Å². The van der Waals surface area contributed by atoms with E-state index in [4.69, 9.17) is 11.6 Å². The van der Waals surface area contributed by atoms with Crippen LogP contribution in [0.25, 0.3) is 11.3 Å². The molecule has 3 heteroatoms. The van der Waals surface area contributed by atoms with Crippen LogP contribution in [0.15, 0.2) is 42.6 Å². The second kappa shape index (κ2) is 4.71. The molecule has 18 heavy (non-hydrogen) atoms. The smallest absolute Gasteiger partial charge is 0.0756 e. The molecule has 0 fully saturated rings. The van der Waals surface area contributed by atoms with E-state index in [1.54, 1.807) is 0 Å². The number of aromatic nitrogens is 1. The van der Waals surface area contributed by atoms with Crippen molar-refractivity contribution in [2.75, 3.05) is 19.5 Å². The quantitative estimate of drug-likeness (QED) is 0.785. The first-order valence-corrected chi connectivity index (χ1v) is 6.67. The highest BCUT2D eigenvalue weighted by molar-refractivity contribution is 6.18. The Bertz CT molecular complexity index is 522. The van der Waals surface area contributed by atoms with E-state index in [2.05, 4.69) is 47.3 Å². The molecule has 0 radical (unpaired) electrons. The third-order valence-electron chi connectivity index (χ3n) is 3.52. The molecule has 1 unspecified atom stereocenters. The van der Waals surface area contributed by atoms with Gasteiger partial charge >= 0.3 is 0 Å². The fourth-order valence-corrected chi connectivity index (χ4v) is 2.99. The molecule has 1 aromatic carbocycles. The van der Waals surface area contributed by atoms with Crippen molar-refractivity contribution in [3.63, 3.8) is 0 Å². The van der Waals surface area contributed by atoms with Crippen molar-refractivity contribution >= 4 is 11.6 Å². The molecule has 1 heterocycles. The number of nitrogens with zero attached hydrogens (tertiary/aromatic N) is 2. The lowest BCUT2D eigenvalue weighted by Crippen LogP contribution is -2.26. The number of rotatable bonds is 3. The Morgan fingerprint density at radius 2 is 1.94 bits per heavy atom. The highest BCUT2D eigenvalue weighted by Crippen LogP contribution is 2.44. The molecule has 1 aromatic heterocycles. The van der Waals surface area contributed by atoms with Crippen molar-refractivity contribution < 1.29 is 0 Å². The molecule has 1 aliphatic rings. The van der Waals surface area contributed by atoms with Crippen LogP contribution in [0, 0.1) is 0 Å². The number of pyridine rings is 1. The SMILES string of the molecule is CN(CCCl)C1c2ccccc2-c2ncccc21. The van der Waals surface area contributed by atoms with Gasteiger partial charge in [0.25, 0.3) is 0 Å². The summed E-state index contributed by atoms with van der Waals surface area (Å²) in [6.45, 7) is 0.870. The van der Waals surface area contributed by atoms with Gasteiger partial charge in [0.05, 0.1) is 11.7 Å². The maximum Gasteiger partial charge on any atom is 0.0756 e. The summed E-state index contributed by atoms with van der Waals surface area (Å²) in [7, 11) is 2.12. The molecule has 0 amide bonds. The Morgan fingerprint density at radius 3 is 2.78 bits per heavy atom.